The summed E-state index contributed by atoms with van der Waals surface area (Å²) in [5.41, 5.74) is 1.02. The number of nitrogens with one attached hydrogen (secondary N) is 1. The van der Waals surface area contributed by atoms with Gasteiger partial charge in [0.15, 0.2) is 5.76 Å². The van der Waals surface area contributed by atoms with Gasteiger partial charge in [0.05, 0.1) is 18.4 Å². The molecule has 6 heteroatoms. The molecule has 2 heterocycles. The molecule has 2 N–H and O–H groups in total. The summed E-state index contributed by atoms with van der Waals surface area (Å²) in [6, 6.07) is 9.87. The maximum Gasteiger partial charge on any atom is 0.291 e. The van der Waals surface area contributed by atoms with Crippen LogP contribution < -0.4 is 5.32 Å². The predicted molar refractivity (Wildman–Crippen MR) is 93.5 cm³/mol. The van der Waals surface area contributed by atoms with Gasteiger partial charge in [0.2, 0.25) is 0 Å². The van der Waals surface area contributed by atoms with E-state index < -0.39 is 6.10 Å². The standard InChI is InChI=1S/C19H22N2O4/c1-13(22)16-8-2-3-10-21(16)19(24)14-6-4-7-15(12-14)20-18(23)17-9-5-11-25-17/h4-7,9,11-13,16,22H,2-3,8,10H2,1H3,(H,20,23). The van der Waals surface area contributed by atoms with E-state index in [-0.39, 0.29) is 23.6 Å². The third-order valence-electron chi connectivity index (χ3n) is 4.48. The molecule has 1 aliphatic heterocycles. The van der Waals surface area contributed by atoms with Crippen molar-refractivity contribution in [2.45, 2.75) is 38.3 Å². The molecule has 1 aliphatic rings. The maximum atomic E-state index is 12.9. The number of carbonyl (C=O) groups excluding carboxylic acids is 2. The molecule has 0 saturated carbocycles. The molecule has 2 aromatic rings. The van der Waals surface area contributed by atoms with E-state index in [0.717, 1.165) is 19.3 Å². The van der Waals surface area contributed by atoms with Crippen LogP contribution in [-0.2, 0) is 0 Å². The van der Waals surface area contributed by atoms with E-state index in [1.807, 2.05) is 0 Å². The van der Waals surface area contributed by atoms with Crippen molar-refractivity contribution >= 4 is 17.5 Å². The second-order valence-corrected chi connectivity index (χ2v) is 6.31. The number of likely N-dealkylation sites (tertiary alicyclic amines) is 1. The second-order valence-electron chi connectivity index (χ2n) is 6.31. The number of rotatable bonds is 4. The van der Waals surface area contributed by atoms with Crippen LogP contribution in [0, 0.1) is 0 Å². The largest absolute Gasteiger partial charge is 0.459 e. The molecule has 3 rings (SSSR count). The number of hydrogen-bond acceptors (Lipinski definition) is 4. The van der Waals surface area contributed by atoms with Crippen molar-refractivity contribution in [3.05, 3.63) is 54.0 Å². The SMILES string of the molecule is CC(O)C1CCCCN1C(=O)c1cccc(NC(=O)c2ccco2)c1. The molecule has 0 spiro atoms. The zero-order chi connectivity index (χ0) is 17.8. The highest BCUT2D eigenvalue weighted by Gasteiger charge is 2.30. The monoisotopic (exact) mass is 342 g/mol. The van der Waals surface area contributed by atoms with E-state index in [1.165, 1.54) is 6.26 Å². The summed E-state index contributed by atoms with van der Waals surface area (Å²) >= 11 is 0. The van der Waals surface area contributed by atoms with Crippen LogP contribution >= 0.6 is 0 Å². The predicted octanol–water partition coefficient (Wildman–Crippen LogP) is 2.91. The van der Waals surface area contributed by atoms with Gasteiger partial charge in [0.1, 0.15) is 0 Å². The Morgan fingerprint density at radius 1 is 1.28 bits per heavy atom. The fourth-order valence-electron chi connectivity index (χ4n) is 3.21. The lowest BCUT2D eigenvalue weighted by Crippen LogP contribution is -2.48. The number of carbonyl (C=O) groups is 2. The first-order valence-corrected chi connectivity index (χ1v) is 8.50. The quantitative estimate of drug-likeness (QED) is 0.895. The molecule has 2 amide bonds. The van der Waals surface area contributed by atoms with Gasteiger partial charge < -0.3 is 19.7 Å². The average molecular weight is 342 g/mol. The average Bonchev–Trinajstić information content (AvgIpc) is 3.16. The van der Waals surface area contributed by atoms with Crippen molar-refractivity contribution in [1.82, 2.24) is 4.90 Å². The highest BCUT2D eigenvalue weighted by Crippen LogP contribution is 2.23. The number of furan rings is 1. The number of hydrogen-bond donors (Lipinski definition) is 2. The zero-order valence-electron chi connectivity index (χ0n) is 14.1. The van der Waals surface area contributed by atoms with E-state index in [2.05, 4.69) is 5.32 Å². The molecule has 25 heavy (non-hydrogen) atoms. The Bertz CT molecular complexity index is 740. The fourth-order valence-corrected chi connectivity index (χ4v) is 3.21. The highest BCUT2D eigenvalue weighted by atomic mass is 16.3. The number of benzene rings is 1. The Balaban J connectivity index is 1.76. The summed E-state index contributed by atoms with van der Waals surface area (Å²) < 4.78 is 5.07. The molecule has 6 nitrogen and oxygen atoms in total. The smallest absolute Gasteiger partial charge is 0.291 e. The summed E-state index contributed by atoms with van der Waals surface area (Å²) in [5.74, 6) is -0.281. The lowest BCUT2D eigenvalue weighted by molar-refractivity contribution is 0.0281. The molecule has 0 aliphatic carbocycles. The summed E-state index contributed by atoms with van der Waals surface area (Å²) in [4.78, 5) is 26.7. The van der Waals surface area contributed by atoms with E-state index >= 15 is 0 Å². The number of aliphatic hydroxyl groups excluding tert-OH is 1. The van der Waals surface area contributed by atoms with Crippen LogP contribution in [0.4, 0.5) is 5.69 Å². The van der Waals surface area contributed by atoms with Crippen molar-refractivity contribution in [3.8, 4) is 0 Å². The fraction of sp³-hybridized carbons (Fsp3) is 0.368. The van der Waals surface area contributed by atoms with E-state index in [1.54, 1.807) is 48.2 Å². The van der Waals surface area contributed by atoms with Gasteiger partial charge in [0, 0.05) is 17.8 Å². The topological polar surface area (TPSA) is 82.8 Å². The van der Waals surface area contributed by atoms with Gasteiger partial charge in [-0.05, 0) is 56.5 Å². The second kappa shape index (κ2) is 7.53. The minimum absolute atomic E-state index is 0.125. The molecule has 1 saturated heterocycles. The van der Waals surface area contributed by atoms with Crippen LogP contribution in [0.2, 0.25) is 0 Å². The van der Waals surface area contributed by atoms with Gasteiger partial charge in [-0.2, -0.15) is 0 Å². The van der Waals surface area contributed by atoms with E-state index in [0.29, 0.717) is 17.8 Å². The number of amides is 2. The van der Waals surface area contributed by atoms with Crippen molar-refractivity contribution < 1.29 is 19.1 Å². The van der Waals surface area contributed by atoms with Crippen molar-refractivity contribution in [3.63, 3.8) is 0 Å². The molecule has 132 valence electrons. The normalized spacial score (nSPS) is 18.6. The molecule has 0 bridgehead atoms. The minimum atomic E-state index is -0.564. The van der Waals surface area contributed by atoms with Gasteiger partial charge in [-0.25, -0.2) is 0 Å². The molecular weight excluding hydrogens is 320 g/mol. The van der Waals surface area contributed by atoms with Gasteiger partial charge in [-0.1, -0.05) is 6.07 Å². The lowest BCUT2D eigenvalue weighted by atomic mass is 9.97. The summed E-state index contributed by atoms with van der Waals surface area (Å²) in [5, 5.41) is 12.7. The Labute approximate surface area is 146 Å². The summed E-state index contributed by atoms with van der Waals surface area (Å²) in [6.45, 7) is 2.35. The van der Waals surface area contributed by atoms with Crippen LogP contribution in [0.5, 0.6) is 0 Å². The third-order valence-corrected chi connectivity index (χ3v) is 4.48. The zero-order valence-corrected chi connectivity index (χ0v) is 14.1. The van der Waals surface area contributed by atoms with Crippen LogP contribution in [0.25, 0.3) is 0 Å². The highest BCUT2D eigenvalue weighted by molar-refractivity contribution is 6.03. The third kappa shape index (κ3) is 3.91. The Kier molecular flexibility index (Phi) is 5.19. The Hall–Kier alpha value is -2.60. The van der Waals surface area contributed by atoms with Crippen LogP contribution in [0.3, 0.4) is 0 Å². The van der Waals surface area contributed by atoms with Crippen molar-refractivity contribution in [1.29, 1.82) is 0 Å². The number of piperidine rings is 1. The van der Waals surface area contributed by atoms with Gasteiger partial charge in [0.25, 0.3) is 11.8 Å². The van der Waals surface area contributed by atoms with Gasteiger partial charge >= 0.3 is 0 Å². The van der Waals surface area contributed by atoms with Crippen molar-refractivity contribution in [2.24, 2.45) is 0 Å². The molecule has 2 unspecified atom stereocenters. The first-order valence-electron chi connectivity index (χ1n) is 8.50. The van der Waals surface area contributed by atoms with Crippen LogP contribution in [0.15, 0.2) is 47.1 Å². The molecule has 2 atom stereocenters. The maximum absolute atomic E-state index is 12.9. The summed E-state index contributed by atoms with van der Waals surface area (Å²) in [7, 11) is 0. The molecule has 1 fully saturated rings. The number of anilines is 1. The van der Waals surface area contributed by atoms with Crippen molar-refractivity contribution in [2.75, 3.05) is 11.9 Å². The molecule has 1 aromatic carbocycles. The molecule has 0 radical (unpaired) electrons. The Morgan fingerprint density at radius 2 is 2.12 bits per heavy atom. The van der Waals surface area contributed by atoms with E-state index in [9.17, 15) is 14.7 Å². The first-order chi connectivity index (χ1) is 12.1. The minimum Gasteiger partial charge on any atom is -0.459 e. The van der Waals surface area contributed by atoms with E-state index in [4.69, 9.17) is 4.42 Å². The summed E-state index contributed by atoms with van der Waals surface area (Å²) in [6.07, 6.45) is 3.62. The number of aliphatic hydroxyl groups is 1. The van der Waals surface area contributed by atoms with Crippen LogP contribution in [-0.4, -0.2) is 40.5 Å². The Morgan fingerprint density at radius 3 is 2.84 bits per heavy atom. The lowest BCUT2D eigenvalue weighted by Gasteiger charge is -2.37. The molecule has 1 aromatic heterocycles. The number of nitrogens with zero attached hydrogens (tertiary/aromatic N) is 1. The molecular formula is C19H22N2O4. The van der Waals surface area contributed by atoms with Gasteiger partial charge in [-0.3, -0.25) is 9.59 Å². The van der Waals surface area contributed by atoms with Gasteiger partial charge in [-0.15, -0.1) is 0 Å². The first kappa shape index (κ1) is 17.2. The van der Waals surface area contributed by atoms with Crippen LogP contribution in [0.1, 0.15) is 47.1 Å².